The molecule has 1 amide bonds. The summed E-state index contributed by atoms with van der Waals surface area (Å²) in [5.74, 6) is -0.705. The monoisotopic (exact) mass is 420 g/mol. The van der Waals surface area contributed by atoms with Gasteiger partial charge in [0.25, 0.3) is 0 Å². The fraction of sp³-hybridized carbons (Fsp3) is 0.619. The second-order valence-electron chi connectivity index (χ2n) is 7.93. The smallest absolute Gasteiger partial charge is 0.241 e. The minimum atomic E-state index is -3.82. The molecule has 160 valence electrons. The Labute approximate surface area is 174 Å². The minimum Gasteiger partial charge on any atom is -0.372 e. The maximum atomic E-state index is 12.5. The number of sulfonamides is 1. The van der Waals surface area contributed by atoms with E-state index in [1.54, 1.807) is 12.1 Å². The number of hydrogen-bond donors (Lipinski definition) is 1. The van der Waals surface area contributed by atoms with E-state index < -0.39 is 21.7 Å². The van der Waals surface area contributed by atoms with Gasteiger partial charge in [-0.3, -0.25) is 9.52 Å². The predicted molar refractivity (Wildman–Crippen MR) is 116 cm³/mol. The number of carbonyl (C=O) groups excluding carboxylic acids is 1. The van der Waals surface area contributed by atoms with Crippen molar-refractivity contribution in [3.8, 4) is 6.07 Å². The van der Waals surface area contributed by atoms with Crippen molar-refractivity contribution >= 4 is 27.3 Å². The Kier molecular flexibility index (Phi) is 8.77. The van der Waals surface area contributed by atoms with E-state index in [9.17, 15) is 13.2 Å². The molecule has 0 saturated carbocycles. The molecular weight excluding hydrogens is 388 g/mol. The van der Waals surface area contributed by atoms with Gasteiger partial charge in [-0.25, -0.2) is 8.42 Å². The number of anilines is 2. The first-order valence-electron chi connectivity index (χ1n) is 10.3. The lowest BCUT2D eigenvalue weighted by Crippen LogP contribution is -2.39. The highest BCUT2D eigenvalue weighted by atomic mass is 32.2. The highest BCUT2D eigenvalue weighted by Gasteiger charge is 2.22. The lowest BCUT2D eigenvalue weighted by Gasteiger charge is -2.28. The fourth-order valence-electron chi connectivity index (χ4n) is 3.32. The molecule has 1 saturated heterocycles. The molecule has 0 spiro atoms. The normalized spacial score (nSPS) is 14.5. The molecule has 0 aliphatic carbocycles. The van der Waals surface area contributed by atoms with Gasteiger partial charge in [0.2, 0.25) is 15.9 Å². The van der Waals surface area contributed by atoms with Gasteiger partial charge in [-0.2, -0.15) is 5.26 Å². The van der Waals surface area contributed by atoms with Crippen molar-refractivity contribution in [2.75, 3.05) is 41.6 Å². The Bertz CT molecular complexity index is 794. The number of amides is 1. The van der Waals surface area contributed by atoms with E-state index in [2.05, 4.69) is 9.62 Å². The minimum absolute atomic E-state index is 0.190. The highest BCUT2D eigenvalue weighted by molar-refractivity contribution is 7.93. The van der Waals surface area contributed by atoms with Crippen LogP contribution < -0.4 is 9.62 Å². The quantitative estimate of drug-likeness (QED) is 0.627. The van der Waals surface area contributed by atoms with Crippen molar-refractivity contribution < 1.29 is 13.2 Å². The lowest BCUT2D eigenvalue weighted by atomic mass is 10.1. The van der Waals surface area contributed by atoms with E-state index in [1.165, 1.54) is 24.2 Å². The van der Waals surface area contributed by atoms with Gasteiger partial charge in [-0.1, -0.05) is 13.8 Å². The van der Waals surface area contributed by atoms with Crippen molar-refractivity contribution in [3.05, 3.63) is 24.3 Å². The van der Waals surface area contributed by atoms with Crippen molar-refractivity contribution in [1.82, 2.24) is 4.90 Å². The Balaban J connectivity index is 1.96. The van der Waals surface area contributed by atoms with Crippen molar-refractivity contribution in [2.24, 2.45) is 5.92 Å². The average molecular weight is 421 g/mol. The summed E-state index contributed by atoms with van der Waals surface area (Å²) < 4.78 is 27.5. The predicted octanol–water partition coefficient (Wildman–Crippen LogP) is 3.21. The first-order chi connectivity index (χ1) is 13.8. The molecule has 2 rings (SSSR count). The maximum Gasteiger partial charge on any atom is 0.241 e. The number of nitriles is 1. The van der Waals surface area contributed by atoms with Crippen LogP contribution in [0.2, 0.25) is 0 Å². The van der Waals surface area contributed by atoms with Gasteiger partial charge >= 0.3 is 0 Å². The summed E-state index contributed by atoms with van der Waals surface area (Å²) in [7, 11) is -3.82. The van der Waals surface area contributed by atoms with E-state index in [4.69, 9.17) is 5.26 Å². The molecule has 1 N–H and O–H groups in total. The molecule has 1 aromatic carbocycles. The van der Waals surface area contributed by atoms with Gasteiger partial charge in [0.15, 0.2) is 0 Å². The van der Waals surface area contributed by atoms with Gasteiger partial charge in [-0.05, 0) is 55.9 Å². The highest BCUT2D eigenvalue weighted by Crippen LogP contribution is 2.22. The van der Waals surface area contributed by atoms with Crippen LogP contribution >= 0.6 is 0 Å². The maximum absolute atomic E-state index is 12.5. The molecule has 1 aliphatic rings. The first kappa shape index (κ1) is 23.0. The van der Waals surface area contributed by atoms with Gasteiger partial charge in [0, 0.05) is 37.6 Å². The number of rotatable bonds is 10. The largest absolute Gasteiger partial charge is 0.372 e. The third kappa shape index (κ3) is 7.94. The van der Waals surface area contributed by atoms with E-state index in [0.717, 1.165) is 25.2 Å². The van der Waals surface area contributed by atoms with E-state index in [0.29, 0.717) is 18.2 Å². The number of nitrogens with one attached hydrogen (secondary N) is 1. The van der Waals surface area contributed by atoms with E-state index in [1.807, 2.05) is 32.0 Å². The van der Waals surface area contributed by atoms with Gasteiger partial charge < -0.3 is 9.80 Å². The summed E-state index contributed by atoms with van der Waals surface area (Å²) in [5.41, 5.74) is 1.53. The molecule has 8 heteroatoms. The molecule has 0 aromatic heterocycles. The zero-order chi connectivity index (χ0) is 21.3. The summed E-state index contributed by atoms with van der Waals surface area (Å²) in [6.45, 7) is 6.83. The summed E-state index contributed by atoms with van der Waals surface area (Å²) in [4.78, 5) is 16.3. The fourth-order valence-corrected chi connectivity index (χ4v) is 4.40. The van der Waals surface area contributed by atoms with Crippen molar-refractivity contribution in [2.45, 2.75) is 46.0 Å². The van der Waals surface area contributed by atoms with E-state index >= 15 is 0 Å². The zero-order valence-corrected chi connectivity index (χ0v) is 18.2. The average Bonchev–Trinajstić information content (AvgIpc) is 2.68. The second-order valence-corrected chi connectivity index (χ2v) is 9.65. The van der Waals surface area contributed by atoms with Crippen molar-refractivity contribution in [1.29, 1.82) is 5.26 Å². The number of nitrogens with zero attached hydrogens (tertiary/aromatic N) is 3. The number of carbonyl (C=O) groups is 1. The van der Waals surface area contributed by atoms with Crippen molar-refractivity contribution in [3.63, 3.8) is 0 Å². The third-order valence-electron chi connectivity index (χ3n) is 5.00. The van der Waals surface area contributed by atoms with Crippen LogP contribution in [-0.2, 0) is 14.8 Å². The van der Waals surface area contributed by atoms with E-state index in [-0.39, 0.29) is 13.0 Å². The van der Waals surface area contributed by atoms with Gasteiger partial charge in [0.1, 0.15) is 5.75 Å². The number of hydrogen-bond acceptors (Lipinski definition) is 5. The standard InChI is InChI=1S/C21H32N4O3S/c1-18(2)11-16-25(15-6-12-22)21(26)17-29(27,28)23-19-7-9-20(10-8-19)24-13-4-3-5-14-24/h7-10,18,23H,3-6,11,13-17H2,1-2H3. The summed E-state index contributed by atoms with van der Waals surface area (Å²) in [6.07, 6.45) is 4.56. The SMILES string of the molecule is CC(C)CCN(CCC#N)C(=O)CS(=O)(=O)Nc1ccc(N2CCCCC2)cc1. The van der Waals surface area contributed by atoms with Gasteiger partial charge in [-0.15, -0.1) is 0 Å². The Morgan fingerprint density at radius 2 is 1.83 bits per heavy atom. The third-order valence-corrected chi connectivity index (χ3v) is 6.17. The molecular formula is C21H32N4O3S. The molecule has 1 fully saturated rings. The topological polar surface area (TPSA) is 93.5 Å². The lowest BCUT2D eigenvalue weighted by molar-refractivity contribution is -0.128. The van der Waals surface area contributed by atoms with Crippen LogP contribution in [0.4, 0.5) is 11.4 Å². The molecule has 0 bridgehead atoms. The van der Waals surface area contributed by atoms with Gasteiger partial charge in [0.05, 0.1) is 12.5 Å². The van der Waals surface area contributed by atoms with Crippen LogP contribution in [-0.4, -0.2) is 51.2 Å². The van der Waals surface area contributed by atoms with Crippen LogP contribution in [0.5, 0.6) is 0 Å². The molecule has 1 aromatic rings. The summed E-state index contributed by atoms with van der Waals surface area (Å²) >= 11 is 0. The molecule has 1 aliphatic heterocycles. The van der Waals surface area contributed by atoms with Crippen LogP contribution in [0.25, 0.3) is 0 Å². The first-order valence-corrected chi connectivity index (χ1v) is 12.0. The molecule has 0 atom stereocenters. The molecule has 0 unspecified atom stereocenters. The summed E-state index contributed by atoms with van der Waals surface area (Å²) in [5, 5.41) is 8.80. The van der Waals surface area contributed by atoms with Crippen LogP contribution in [0, 0.1) is 17.2 Å². The van der Waals surface area contributed by atoms with Crippen LogP contribution in [0.1, 0.15) is 46.0 Å². The Morgan fingerprint density at radius 1 is 1.17 bits per heavy atom. The molecule has 1 heterocycles. The van der Waals surface area contributed by atoms with Crippen LogP contribution in [0.3, 0.4) is 0 Å². The number of benzene rings is 1. The zero-order valence-electron chi connectivity index (χ0n) is 17.4. The number of piperidine rings is 1. The molecule has 29 heavy (non-hydrogen) atoms. The second kappa shape index (κ2) is 11.1. The Hall–Kier alpha value is -2.27. The van der Waals surface area contributed by atoms with Crippen LogP contribution in [0.15, 0.2) is 24.3 Å². The molecule has 0 radical (unpaired) electrons. The summed E-state index contributed by atoms with van der Waals surface area (Å²) in [6, 6.07) is 9.30. The Morgan fingerprint density at radius 3 is 2.41 bits per heavy atom. The molecule has 7 nitrogen and oxygen atoms in total.